The molecule has 2 N–H and O–H groups in total. The summed E-state index contributed by atoms with van der Waals surface area (Å²) in [4.78, 5) is 52.7. The Morgan fingerprint density at radius 1 is 0.756 bits per heavy atom. The van der Waals surface area contributed by atoms with Gasteiger partial charge in [-0.25, -0.2) is 4.79 Å². The van der Waals surface area contributed by atoms with Gasteiger partial charge in [-0.05, 0) is 58.1 Å². The summed E-state index contributed by atoms with van der Waals surface area (Å²) in [5.74, 6) is -1.79. The molecule has 0 heterocycles. The van der Waals surface area contributed by atoms with Crippen LogP contribution >= 0.6 is 0 Å². The molecule has 2 amide bonds. The molecule has 0 fully saturated rings. The quantitative estimate of drug-likeness (QED) is 0.244. The van der Waals surface area contributed by atoms with Crippen molar-refractivity contribution in [3.63, 3.8) is 0 Å². The van der Waals surface area contributed by atoms with E-state index in [1.807, 2.05) is 74.5 Å². The maximum absolute atomic E-state index is 13.7. The van der Waals surface area contributed by atoms with E-state index in [2.05, 4.69) is 10.6 Å². The first-order chi connectivity index (χ1) is 19.2. The fourth-order valence-electron chi connectivity index (χ4n) is 3.92. The van der Waals surface area contributed by atoms with Gasteiger partial charge in [-0.2, -0.15) is 0 Å². The molecule has 0 aliphatic heterocycles. The molecule has 41 heavy (non-hydrogen) atoms. The maximum Gasteiger partial charge on any atom is 0.408 e. The summed E-state index contributed by atoms with van der Waals surface area (Å²) in [6.45, 7) is 12.0. The minimum absolute atomic E-state index is 0.0204. The van der Waals surface area contributed by atoms with Crippen molar-refractivity contribution in [1.29, 1.82) is 0 Å². The van der Waals surface area contributed by atoms with Gasteiger partial charge in [0.2, 0.25) is 5.91 Å². The molecule has 9 heteroatoms. The van der Waals surface area contributed by atoms with E-state index in [0.29, 0.717) is 0 Å². The fraction of sp³-hybridized carbons (Fsp3) is 0.500. The fourth-order valence-corrected chi connectivity index (χ4v) is 3.92. The summed E-state index contributed by atoms with van der Waals surface area (Å²) in [5, 5.41) is 5.31. The number of ether oxygens (including phenoxy) is 3. The van der Waals surface area contributed by atoms with Crippen LogP contribution in [0.4, 0.5) is 4.79 Å². The van der Waals surface area contributed by atoms with Crippen molar-refractivity contribution in [2.75, 3.05) is 6.61 Å². The molecule has 2 atom stereocenters. The number of hydrogen-bond donors (Lipinski definition) is 2. The van der Waals surface area contributed by atoms with Gasteiger partial charge in [-0.15, -0.1) is 0 Å². The van der Waals surface area contributed by atoms with Crippen molar-refractivity contribution >= 4 is 23.8 Å². The van der Waals surface area contributed by atoms with Crippen molar-refractivity contribution < 1.29 is 33.4 Å². The van der Waals surface area contributed by atoms with E-state index >= 15 is 0 Å². The standard InChI is InChI=1S/C32H44N2O7/c1-22(2)18-25(27(35)32(6,7)29(37)40-20-24-16-12-9-13-17-24)33-28(36)26(34-30(38)41-31(3,4)5)21-39-19-23-14-10-8-11-15-23/h8-17,22,25-26H,18-21H2,1-7H3,(H,33,36)(H,34,38)/t25-,26-/m0/s1. The molecule has 2 aromatic rings. The highest BCUT2D eigenvalue weighted by molar-refractivity contribution is 6.06. The van der Waals surface area contributed by atoms with Crippen molar-refractivity contribution in [3.8, 4) is 0 Å². The van der Waals surface area contributed by atoms with Gasteiger partial charge in [-0.3, -0.25) is 14.4 Å². The van der Waals surface area contributed by atoms with E-state index in [-0.39, 0.29) is 32.2 Å². The summed E-state index contributed by atoms with van der Waals surface area (Å²) < 4.78 is 16.5. The van der Waals surface area contributed by atoms with E-state index in [9.17, 15) is 19.2 Å². The zero-order chi connectivity index (χ0) is 30.6. The molecule has 0 saturated heterocycles. The number of benzene rings is 2. The van der Waals surface area contributed by atoms with Crippen LogP contribution in [0.25, 0.3) is 0 Å². The molecule has 224 valence electrons. The minimum Gasteiger partial charge on any atom is -0.460 e. The van der Waals surface area contributed by atoms with Crippen LogP contribution in [0.15, 0.2) is 60.7 Å². The normalized spacial score (nSPS) is 13.2. The Morgan fingerprint density at radius 3 is 1.80 bits per heavy atom. The molecule has 0 saturated carbocycles. The van der Waals surface area contributed by atoms with Crippen LogP contribution in [0.1, 0.15) is 66.0 Å². The predicted octanol–water partition coefficient (Wildman–Crippen LogP) is 4.97. The first-order valence-corrected chi connectivity index (χ1v) is 13.9. The number of carbonyl (C=O) groups is 4. The Balaban J connectivity index is 2.16. The Morgan fingerprint density at radius 2 is 1.29 bits per heavy atom. The Labute approximate surface area is 243 Å². The third kappa shape index (κ3) is 11.7. The molecule has 0 bridgehead atoms. The number of carbonyl (C=O) groups excluding carboxylic acids is 4. The molecule has 9 nitrogen and oxygen atoms in total. The monoisotopic (exact) mass is 568 g/mol. The maximum atomic E-state index is 13.7. The van der Waals surface area contributed by atoms with Crippen LogP contribution in [0.5, 0.6) is 0 Å². The first kappa shape index (κ1) is 33.5. The topological polar surface area (TPSA) is 120 Å². The molecule has 0 unspecified atom stereocenters. The number of rotatable bonds is 14. The van der Waals surface area contributed by atoms with Crippen molar-refractivity contribution in [2.24, 2.45) is 11.3 Å². The van der Waals surface area contributed by atoms with Gasteiger partial charge in [-0.1, -0.05) is 74.5 Å². The molecule has 0 aliphatic carbocycles. The van der Waals surface area contributed by atoms with Crippen LogP contribution in [0.2, 0.25) is 0 Å². The molecule has 0 radical (unpaired) electrons. The second-order valence-electron chi connectivity index (χ2n) is 11.9. The van der Waals surface area contributed by atoms with Gasteiger partial charge >= 0.3 is 12.1 Å². The number of Topliss-reactive ketones (excluding diaryl/α,β-unsaturated/α-hetero) is 1. The highest BCUT2D eigenvalue weighted by atomic mass is 16.6. The second kappa shape index (κ2) is 15.3. The van der Waals surface area contributed by atoms with Crippen LogP contribution in [-0.4, -0.2) is 48.0 Å². The first-order valence-electron chi connectivity index (χ1n) is 13.9. The van der Waals surface area contributed by atoms with E-state index in [4.69, 9.17) is 14.2 Å². The third-order valence-electron chi connectivity index (χ3n) is 6.08. The van der Waals surface area contributed by atoms with Gasteiger partial charge in [0, 0.05) is 0 Å². The molecular weight excluding hydrogens is 524 g/mol. The van der Waals surface area contributed by atoms with Gasteiger partial charge in [0.1, 0.15) is 23.7 Å². The van der Waals surface area contributed by atoms with Crippen LogP contribution < -0.4 is 10.6 Å². The highest BCUT2D eigenvalue weighted by Crippen LogP contribution is 2.24. The van der Waals surface area contributed by atoms with E-state index in [0.717, 1.165) is 11.1 Å². The van der Waals surface area contributed by atoms with Crippen LogP contribution in [0.3, 0.4) is 0 Å². The number of alkyl carbamates (subject to hydrolysis) is 1. The van der Waals surface area contributed by atoms with Gasteiger partial charge in [0.15, 0.2) is 5.78 Å². The molecule has 0 aromatic heterocycles. The lowest BCUT2D eigenvalue weighted by Gasteiger charge is -2.30. The molecule has 2 rings (SSSR count). The Hall–Kier alpha value is -3.72. The van der Waals surface area contributed by atoms with Crippen LogP contribution in [-0.2, 0) is 41.8 Å². The third-order valence-corrected chi connectivity index (χ3v) is 6.08. The number of ketones is 1. The lowest BCUT2D eigenvalue weighted by atomic mass is 9.81. The van der Waals surface area contributed by atoms with Crippen molar-refractivity contribution in [2.45, 2.75) is 85.8 Å². The molecule has 2 aromatic carbocycles. The average molecular weight is 569 g/mol. The molecule has 0 aliphatic rings. The summed E-state index contributed by atoms with van der Waals surface area (Å²) in [6, 6.07) is 16.4. The van der Waals surface area contributed by atoms with Crippen molar-refractivity contribution in [1.82, 2.24) is 10.6 Å². The SMILES string of the molecule is CC(C)C[C@H](NC(=O)[C@H](COCc1ccccc1)NC(=O)OC(C)(C)C)C(=O)C(C)(C)C(=O)OCc1ccccc1. The number of amides is 2. The second-order valence-corrected chi connectivity index (χ2v) is 11.9. The van der Waals surface area contributed by atoms with E-state index in [1.54, 1.807) is 20.8 Å². The number of nitrogens with one attached hydrogen (secondary N) is 2. The summed E-state index contributed by atoms with van der Waals surface area (Å²) in [7, 11) is 0. The Bertz CT molecular complexity index is 1140. The largest absolute Gasteiger partial charge is 0.460 e. The highest BCUT2D eigenvalue weighted by Gasteiger charge is 2.43. The number of esters is 1. The molecule has 0 spiro atoms. The average Bonchev–Trinajstić information content (AvgIpc) is 2.90. The van der Waals surface area contributed by atoms with E-state index in [1.165, 1.54) is 13.8 Å². The summed E-state index contributed by atoms with van der Waals surface area (Å²) in [5.41, 5.74) is -0.620. The molecular formula is C32H44N2O7. The van der Waals surface area contributed by atoms with Gasteiger partial charge < -0.3 is 24.8 Å². The summed E-state index contributed by atoms with van der Waals surface area (Å²) >= 11 is 0. The van der Waals surface area contributed by atoms with Gasteiger partial charge in [0.25, 0.3) is 0 Å². The Kier molecular flexibility index (Phi) is 12.5. The lowest BCUT2D eigenvalue weighted by Crippen LogP contribution is -2.56. The minimum atomic E-state index is -1.53. The van der Waals surface area contributed by atoms with E-state index < -0.39 is 46.9 Å². The zero-order valence-electron chi connectivity index (χ0n) is 25.2. The van der Waals surface area contributed by atoms with Gasteiger partial charge in [0.05, 0.1) is 19.3 Å². The van der Waals surface area contributed by atoms with Crippen LogP contribution in [0, 0.1) is 11.3 Å². The predicted molar refractivity (Wildman–Crippen MR) is 156 cm³/mol. The van der Waals surface area contributed by atoms with Crippen molar-refractivity contribution in [3.05, 3.63) is 71.8 Å². The zero-order valence-corrected chi connectivity index (χ0v) is 25.2. The smallest absolute Gasteiger partial charge is 0.408 e. The summed E-state index contributed by atoms with van der Waals surface area (Å²) in [6.07, 6.45) is -0.512. The lowest BCUT2D eigenvalue weighted by molar-refractivity contribution is -0.160. The number of hydrogen-bond acceptors (Lipinski definition) is 7.